The van der Waals surface area contributed by atoms with Gasteiger partial charge < -0.3 is 19.3 Å². The van der Waals surface area contributed by atoms with Gasteiger partial charge in [0.2, 0.25) is 5.91 Å². The van der Waals surface area contributed by atoms with Crippen molar-refractivity contribution in [1.29, 1.82) is 0 Å². The molecule has 0 radical (unpaired) electrons. The maximum absolute atomic E-state index is 13.0. The summed E-state index contributed by atoms with van der Waals surface area (Å²) in [6.45, 7) is 2.56. The van der Waals surface area contributed by atoms with Gasteiger partial charge in [0, 0.05) is 29.2 Å². The van der Waals surface area contributed by atoms with Gasteiger partial charge in [0.05, 0.1) is 19.9 Å². The highest BCUT2D eigenvalue weighted by Crippen LogP contribution is 2.34. The first-order valence-corrected chi connectivity index (χ1v) is 9.35. The summed E-state index contributed by atoms with van der Waals surface area (Å²) in [5, 5.41) is 0. The van der Waals surface area contributed by atoms with Crippen molar-refractivity contribution in [3.05, 3.63) is 52.5 Å². The van der Waals surface area contributed by atoms with Crippen LogP contribution in [0.3, 0.4) is 0 Å². The molecule has 7 heteroatoms. The highest BCUT2D eigenvalue weighted by atomic mass is 79.9. The summed E-state index contributed by atoms with van der Waals surface area (Å²) in [4.78, 5) is 29.1. The van der Waals surface area contributed by atoms with Gasteiger partial charge in [-0.25, -0.2) is 0 Å². The number of rotatable bonds is 4. The zero-order valence-electron chi connectivity index (χ0n) is 15.4. The van der Waals surface area contributed by atoms with E-state index in [4.69, 9.17) is 9.47 Å². The minimum atomic E-state index is -0.578. The molecule has 1 atom stereocenters. The molecule has 1 aliphatic heterocycles. The van der Waals surface area contributed by atoms with E-state index in [1.807, 2.05) is 12.1 Å². The van der Waals surface area contributed by atoms with E-state index >= 15 is 0 Å². The molecular formula is C20H21BrN2O4. The lowest BCUT2D eigenvalue weighted by Crippen LogP contribution is -2.57. The minimum Gasteiger partial charge on any atom is -0.497 e. The molecule has 1 heterocycles. The molecule has 2 aromatic carbocycles. The predicted molar refractivity (Wildman–Crippen MR) is 107 cm³/mol. The Morgan fingerprint density at radius 3 is 2.41 bits per heavy atom. The van der Waals surface area contributed by atoms with Crippen molar-refractivity contribution in [3.63, 3.8) is 0 Å². The van der Waals surface area contributed by atoms with E-state index in [0.717, 1.165) is 4.47 Å². The van der Waals surface area contributed by atoms with Crippen LogP contribution in [-0.2, 0) is 4.79 Å². The van der Waals surface area contributed by atoms with Gasteiger partial charge in [-0.05, 0) is 43.3 Å². The molecular weight excluding hydrogens is 412 g/mol. The van der Waals surface area contributed by atoms with Crippen molar-refractivity contribution in [1.82, 2.24) is 4.90 Å². The lowest BCUT2D eigenvalue weighted by molar-refractivity contribution is -0.124. The lowest BCUT2D eigenvalue weighted by Gasteiger charge is -2.39. The van der Waals surface area contributed by atoms with Gasteiger partial charge in [-0.1, -0.05) is 15.9 Å². The fourth-order valence-corrected chi connectivity index (χ4v) is 3.42. The number of methoxy groups -OCH3 is 2. The van der Waals surface area contributed by atoms with E-state index < -0.39 is 6.04 Å². The van der Waals surface area contributed by atoms with Crippen LogP contribution in [0.5, 0.6) is 11.5 Å². The summed E-state index contributed by atoms with van der Waals surface area (Å²) >= 11 is 3.36. The fourth-order valence-electron chi connectivity index (χ4n) is 3.15. The molecule has 6 nitrogen and oxygen atoms in total. The average molecular weight is 433 g/mol. The Labute approximate surface area is 166 Å². The summed E-state index contributed by atoms with van der Waals surface area (Å²) < 4.78 is 11.6. The first-order valence-electron chi connectivity index (χ1n) is 8.56. The molecule has 0 aromatic heterocycles. The number of piperazine rings is 1. The number of nitrogens with zero attached hydrogens (tertiary/aromatic N) is 2. The molecule has 0 N–H and O–H groups in total. The van der Waals surface area contributed by atoms with Gasteiger partial charge in [-0.2, -0.15) is 0 Å². The third kappa shape index (κ3) is 3.78. The Morgan fingerprint density at radius 1 is 1.07 bits per heavy atom. The van der Waals surface area contributed by atoms with Gasteiger partial charge in [0.15, 0.2) is 0 Å². The number of anilines is 1. The minimum absolute atomic E-state index is 0.152. The third-order valence-electron chi connectivity index (χ3n) is 4.68. The number of hydrogen-bond donors (Lipinski definition) is 0. The van der Waals surface area contributed by atoms with Crippen molar-refractivity contribution in [2.75, 3.05) is 32.2 Å². The maximum atomic E-state index is 13.0. The van der Waals surface area contributed by atoms with Crippen LogP contribution in [0.25, 0.3) is 0 Å². The quantitative estimate of drug-likeness (QED) is 0.742. The van der Waals surface area contributed by atoms with Gasteiger partial charge in [0.1, 0.15) is 17.5 Å². The summed E-state index contributed by atoms with van der Waals surface area (Å²) in [5.74, 6) is 0.919. The molecule has 2 aromatic rings. The Bertz CT molecular complexity index is 854. The molecule has 0 spiro atoms. The van der Waals surface area contributed by atoms with Gasteiger partial charge in [0.25, 0.3) is 5.91 Å². The molecule has 1 fully saturated rings. The van der Waals surface area contributed by atoms with Crippen LogP contribution in [0.4, 0.5) is 5.69 Å². The second-order valence-electron chi connectivity index (χ2n) is 6.21. The van der Waals surface area contributed by atoms with Crippen molar-refractivity contribution >= 4 is 33.4 Å². The van der Waals surface area contributed by atoms with Gasteiger partial charge in [-0.3, -0.25) is 9.59 Å². The molecule has 1 aliphatic rings. The number of benzene rings is 2. The first-order chi connectivity index (χ1) is 13.0. The molecule has 1 unspecified atom stereocenters. The molecule has 1 saturated heterocycles. The van der Waals surface area contributed by atoms with E-state index in [-0.39, 0.29) is 11.8 Å². The third-order valence-corrected chi connectivity index (χ3v) is 5.21. The molecule has 142 valence electrons. The van der Waals surface area contributed by atoms with Crippen LogP contribution in [0.15, 0.2) is 46.9 Å². The second-order valence-corrected chi connectivity index (χ2v) is 7.12. The molecule has 0 bridgehead atoms. The summed E-state index contributed by atoms with van der Waals surface area (Å²) in [7, 11) is 3.14. The van der Waals surface area contributed by atoms with Crippen molar-refractivity contribution in [3.8, 4) is 11.5 Å². The largest absolute Gasteiger partial charge is 0.497 e. The standard InChI is InChI=1S/C20H21BrN2O4/c1-13-19(24)23(17-12-16(26-2)8-9-18(17)27-3)11-10-22(13)20(25)14-4-6-15(21)7-5-14/h4-9,12-13H,10-11H2,1-3H3. The normalized spacial score (nSPS) is 17.0. The molecule has 0 saturated carbocycles. The number of hydrogen-bond acceptors (Lipinski definition) is 4. The van der Waals surface area contributed by atoms with Crippen LogP contribution in [0.2, 0.25) is 0 Å². The average Bonchev–Trinajstić information content (AvgIpc) is 2.69. The Balaban J connectivity index is 1.84. The van der Waals surface area contributed by atoms with E-state index in [2.05, 4.69) is 15.9 Å². The van der Waals surface area contributed by atoms with Crippen LogP contribution in [-0.4, -0.2) is 50.1 Å². The van der Waals surface area contributed by atoms with Crippen LogP contribution in [0.1, 0.15) is 17.3 Å². The summed E-state index contributed by atoms with van der Waals surface area (Å²) in [5.41, 5.74) is 1.20. The molecule has 3 rings (SSSR count). The SMILES string of the molecule is COc1ccc(OC)c(N2CCN(C(=O)c3ccc(Br)cc3)C(C)C2=O)c1. The fraction of sp³-hybridized carbons (Fsp3) is 0.300. The number of amides is 2. The first kappa shape index (κ1) is 19.2. The van der Waals surface area contributed by atoms with E-state index in [9.17, 15) is 9.59 Å². The Morgan fingerprint density at radius 2 is 1.78 bits per heavy atom. The topological polar surface area (TPSA) is 59.1 Å². The van der Waals surface area contributed by atoms with Crippen molar-refractivity contribution in [2.24, 2.45) is 0 Å². The zero-order chi connectivity index (χ0) is 19.6. The van der Waals surface area contributed by atoms with Gasteiger partial charge >= 0.3 is 0 Å². The van der Waals surface area contributed by atoms with Crippen molar-refractivity contribution in [2.45, 2.75) is 13.0 Å². The number of carbonyl (C=O) groups excluding carboxylic acids is 2. The van der Waals surface area contributed by atoms with Crippen molar-refractivity contribution < 1.29 is 19.1 Å². The highest BCUT2D eigenvalue weighted by Gasteiger charge is 2.36. The second kappa shape index (κ2) is 8.00. The van der Waals surface area contributed by atoms with Crippen LogP contribution >= 0.6 is 15.9 Å². The Kier molecular flexibility index (Phi) is 5.70. The summed E-state index contributed by atoms with van der Waals surface area (Å²) in [6.07, 6.45) is 0. The predicted octanol–water partition coefficient (Wildman–Crippen LogP) is 3.34. The van der Waals surface area contributed by atoms with E-state index in [0.29, 0.717) is 35.8 Å². The number of ether oxygens (including phenoxy) is 2. The lowest BCUT2D eigenvalue weighted by atomic mass is 10.1. The molecule has 0 aliphatic carbocycles. The maximum Gasteiger partial charge on any atom is 0.254 e. The van der Waals surface area contributed by atoms with E-state index in [1.165, 1.54) is 0 Å². The number of halogens is 1. The van der Waals surface area contributed by atoms with Crippen LogP contribution < -0.4 is 14.4 Å². The monoisotopic (exact) mass is 432 g/mol. The van der Waals surface area contributed by atoms with Crippen LogP contribution in [0, 0.1) is 0 Å². The van der Waals surface area contributed by atoms with E-state index in [1.54, 1.807) is 61.3 Å². The molecule has 2 amide bonds. The molecule has 27 heavy (non-hydrogen) atoms. The number of carbonyl (C=O) groups is 2. The van der Waals surface area contributed by atoms with Gasteiger partial charge in [-0.15, -0.1) is 0 Å². The highest BCUT2D eigenvalue weighted by molar-refractivity contribution is 9.10. The Hall–Kier alpha value is -2.54. The summed E-state index contributed by atoms with van der Waals surface area (Å²) in [6, 6.07) is 11.9. The zero-order valence-corrected chi connectivity index (χ0v) is 17.0. The smallest absolute Gasteiger partial charge is 0.254 e.